The topological polar surface area (TPSA) is 62.2 Å². The predicted molar refractivity (Wildman–Crippen MR) is 54.6 cm³/mol. The zero-order chi connectivity index (χ0) is 10.7. The molecule has 2 unspecified atom stereocenters. The third-order valence-electron chi connectivity index (χ3n) is 3.59. The second-order valence-electron chi connectivity index (χ2n) is 4.70. The summed E-state index contributed by atoms with van der Waals surface area (Å²) in [6, 6.07) is 0. The van der Waals surface area contributed by atoms with Gasteiger partial charge in [0.25, 0.3) is 0 Å². The van der Waals surface area contributed by atoms with Crippen LogP contribution >= 0.6 is 0 Å². The van der Waals surface area contributed by atoms with Gasteiger partial charge in [-0.1, -0.05) is 12.8 Å². The Hall–Kier alpha value is -0.160. The van der Waals surface area contributed by atoms with Gasteiger partial charge in [0.15, 0.2) is 0 Å². The Kier molecular flexibility index (Phi) is 3.61. The van der Waals surface area contributed by atoms with E-state index in [0.717, 1.165) is 32.3 Å². The summed E-state index contributed by atoms with van der Waals surface area (Å²) in [5, 5.41) is 18.8. The van der Waals surface area contributed by atoms with Crippen molar-refractivity contribution in [3.05, 3.63) is 0 Å². The molecule has 15 heavy (non-hydrogen) atoms. The highest BCUT2D eigenvalue weighted by Crippen LogP contribution is 2.38. The second kappa shape index (κ2) is 4.78. The van der Waals surface area contributed by atoms with Crippen LogP contribution < -0.4 is 0 Å². The molecule has 1 heterocycles. The Morgan fingerprint density at radius 3 is 2.60 bits per heavy atom. The quantitative estimate of drug-likeness (QED) is 0.649. The Balaban J connectivity index is 1.90. The molecule has 4 heteroatoms. The summed E-state index contributed by atoms with van der Waals surface area (Å²) < 4.78 is 10.8. The standard InChI is InChI=1S/C11H20O4/c12-7-11(8-13)4-2-1-3-10(11)15-6-9-5-14-9/h9-10,12-13H,1-8H2. The number of rotatable bonds is 5. The van der Waals surface area contributed by atoms with Crippen molar-refractivity contribution >= 4 is 0 Å². The highest BCUT2D eigenvalue weighted by Gasteiger charge is 2.41. The Bertz CT molecular complexity index is 199. The molecule has 1 aliphatic carbocycles. The molecule has 1 saturated heterocycles. The minimum atomic E-state index is -0.423. The molecule has 0 radical (unpaired) electrons. The SMILES string of the molecule is OCC1(CO)CCCCC1OCC1CO1. The van der Waals surface area contributed by atoms with Crippen LogP contribution in [0.1, 0.15) is 25.7 Å². The predicted octanol–water partition coefficient (Wildman–Crippen LogP) is 0.315. The summed E-state index contributed by atoms with van der Waals surface area (Å²) >= 11 is 0. The summed E-state index contributed by atoms with van der Waals surface area (Å²) in [5.41, 5.74) is -0.423. The summed E-state index contributed by atoms with van der Waals surface area (Å²) in [5.74, 6) is 0. The van der Waals surface area contributed by atoms with Crippen molar-refractivity contribution < 1.29 is 19.7 Å². The second-order valence-corrected chi connectivity index (χ2v) is 4.70. The lowest BCUT2D eigenvalue weighted by atomic mass is 9.73. The van der Waals surface area contributed by atoms with E-state index < -0.39 is 5.41 Å². The molecule has 0 aromatic carbocycles. The normalized spacial score (nSPS) is 34.0. The van der Waals surface area contributed by atoms with Gasteiger partial charge in [-0.25, -0.2) is 0 Å². The van der Waals surface area contributed by atoms with E-state index in [2.05, 4.69) is 0 Å². The molecule has 2 rings (SSSR count). The molecule has 4 nitrogen and oxygen atoms in total. The van der Waals surface area contributed by atoms with Gasteiger partial charge in [0, 0.05) is 5.41 Å². The summed E-state index contributed by atoms with van der Waals surface area (Å²) in [6.45, 7) is 1.42. The maximum Gasteiger partial charge on any atom is 0.104 e. The molecule has 2 fully saturated rings. The average molecular weight is 216 g/mol. The van der Waals surface area contributed by atoms with Crippen LogP contribution in [-0.2, 0) is 9.47 Å². The summed E-state index contributed by atoms with van der Waals surface area (Å²) in [7, 11) is 0. The Labute approximate surface area is 90.2 Å². The van der Waals surface area contributed by atoms with E-state index in [1.54, 1.807) is 0 Å². The number of aliphatic hydroxyl groups is 2. The van der Waals surface area contributed by atoms with Gasteiger partial charge >= 0.3 is 0 Å². The molecule has 1 aliphatic heterocycles. The molecule has 0 bridgehead atoms. The fraction of sp³-hybridized carbons (Fsp3) is 1.00. The molecule has 0 aromatic heterocycles. The number of epoxide rings is 1. The van der Waals surface area contributed by atoms with Crippen molar-refractivity contribution in [3.8, 4) is 0 Å². The lowest BCUT2D eigenvalue weighted by Gasteiger charge is -2.41. The number of aliphatic hydroxyl groups excluding tert-OH is 2. The maximum atomic E-state index is 9.42. The van der Waals surface area contributed by atoms with E-state index in [0.29, 0.717) is 6.61 Å². The third kappa shape index (κ3) is 2.50. The van der Waals surface area contributed by atoms with E-state index >= 15 is 0 Å². The van der Waals surface area contributed by atoms with Crippen molar-refractivity contribution in [3.63, 3.8) is 0 Å². The van der Waals surface area contributed by atoms with Gasteiger partial charge in [0.1, 0.15) is 6.10 Å². The zero-order valence-electron chi connectivity index (χ0n) is 9.02. The molecule has 0 amide bonds. The van der Waals surface area contributed by atoms with Crippen molar-refractivity contribution in [2.24, 2.45) is 5.41 Å². The molecule has 88 valence electrons. The Morgan fingerprint density at radius 2 is 2.00 bits per heavy atom. The van der Waals surface area contributed by atoms with Gasteiger partial charge in [-0.05, 0) is 12.8 Å². The highest BCUT2D eigenvalue weighted by molar-refractivity contribution is 4.90. The van der Waals surface area contributed by atoms with Crippen LogP contribution in [0.3, 0.4) is 0 Å². The maximum absolute atomic E-state index is 9.42. The van der Waals surface area contributed by atoms with Gasteiger partial charge < -0.3 is 19.7 Å². The van der Waals surface area contributed by atoms with E-state index in [1.807, 2.05) is 0 Å². The molecule has 0 spiro atoms. The molecule has 1 saturated carbocycles. The van der Waals surface area contributed by atoms with Crippen molar-refractivity contribution in [1.82, 2.24) is 0 Å². The molecular weight excluding hydrogens is 196 g/mol. The van der Waals surface area contributed by atoms with Crippen LogP contribution in [0.25, 0.3) is 0 Å². The van der Waals surface area contributed by atoms with Crippen LogP contribution in [0.4, 0.5) is 0 Å². The number of ether oxygens (including phenoxy) is 2. The van der Waals surface area contributed by atoms with Crippen LogP contribution in [-0.4, -0.2) is 48.8 Å². The van der Waals surface area contributed by atoms with Crippen molar-refractivity contribution in [2.75, 3.05) is 26.4 Å². The zero-order valence-corrected chi connectivity index (χ0v) is 9.02. The molecular formula is C11H20O4. The van der Waals surface area contributed by atoms with Gasteiger partial charge in [-0.15, -0.1) is 0 Å². The number of hydrogen-bond acceptors (Lipinski definition) is 4. The van der Waals surface area contributed by atoms with Gasteiger partial charge in [0.05, 0.1) is 32.5 Å². The minimum Gasteiger partial charge on any atom is -0.396 e. The average Bonchev–Trinajstić information content (AvgIpc) is 3.10. The minimum absolute atomic E-state index is 0.00884. The lowest BCUT2D eigenvalue weighted by Crippen LogP contribution is -2.46. The third-order valence-corrected chi connectivity index (χ3v) is 3.59. The fourth-order valence-electron chi connectivity index (χ4n) is 2.33. The lowest BCUT2D eigenvalue weighted by molar-refractivity contribution is -0.115. The van der Waals surface area contributed by atoms with Gasteiger partial charge in [-0.3, -0.25) is 0 Å². The van der Waals surface area contributed by atoms with E-state index in [1.165, 1.54) is 0 Å². The smallest absolute Gasteiger partial charge is 0.104 e. The first-order valence-electron chi connectivity index (χ1n) is 5.76. The highest BCUT2D eigenvalue weighted by atomic mass is 16.6. The van der Waals surface area contributed by atoms with Crippen LogP contribution in [0.2, 0.25) is 0 Å². The molecule has 2 N–H and O–H groups in total. The Morgan fingerprint density at radius 1 is 1.27 bits per heavy atom. The number of hydrogen-bond donors (Lipinski definition) is 2. The molecule has 2 aliphatic rings. The van der Waals surface area contributed by atoms with E-state index in [9.17, 15) is 10.2 Å². The van der Waals surface area contributed by atoms with Gasteiger partial charge in [-0.2, -0.15) is 0 Å². The monoisotopic (exact) mass is 216 g/mol. The van der Waals surface area contributed by atoms with Crippen molar-refractivity contribution in [2.45, 2.75) is 37.9 Å². The first kappa shape index (κ1) is 11.3. The van der Waals surface area contributed by atoms with Crippen molar-refractivity contribution in [1.29, 1.82) is 0 Å². The summed E-state index contributed by atoms with van der Waals surface area (Å²) in [4.78, 5) is 0. The van der Waals surface area contributed by atoms with Crippen LogP contribution in [0, 0.1) is 5.41 Å². The van der Waals surface area contributed by atoms with Crippen LogP contribution in [0.5, 0.6) is 0 Å². The van der Waals surface area contributed by atoms with Gasteiger partial charge in [0.2, 0.25) is 0 Å². The first-order chi connectivity index (χ1) is 7.30. The fourth-order valence-corrected chi connectivity index (χ4v) is 2.33. The van der Waals surface area contributed by atoms with Crippen LogP contribution in [0.15, 0.2) is 0 Å². The summed E-state index contributed by atoms with van der Waals surface area (Å²) in [6.07, 6.45) is 4.23. The first-order valence-corrected chi connectivity index (χ1v) is 5.76. The largest absolute Gasteiger partial charge is 0.396 e. The van der Waals surface area contributed by atoms with E-state index in [-0.39, 0.29) is 25.4 Å². The molecule has 2 atom stereocenters. The van der Waals surface area contributed by atoms with E-state index in [4.69, 9.17) is 9.47 Å². The molecule has 0 aromatic rings.